The predicted octanol–water partition coefficient (Wildman–Crippen LogP) is 1.30. The Kier molecular flexibility index (Phi) is 5.78. The summed E-state index contributed by atoms with van der Waals surface area (Å²) in [6.07, 6.45) is -3.23. The minimum absolute atomic E-state index is 0.0913. The molecule has 0 aromatic heterocycles. The van der Waals surface area contributed by atoms with Crippen LogP contribution in [0, 0.1) is 5.82 Å². The molecule has 1 aromatic carbocycles. The van der Waals surface area contributed by atoms with E-state index in [1.807, 2.05) is 0 Å². The van der Waals surface area contributed by atoms with Gasteiger partial charge in [0.25, 0.3) is 0 Å². The fourth-order valence-electron chi connectivity index (χ4n) is 2.68. The topological polar surface area (TPSA) is 98.7 Å². The predicted molar refractivity (Wildman–Crippen MR) is 84.3 cm³/mol. The monoisotopic (exact) mass is 375 g/mol. The Morgan fingerprint density at radius 1 is 1.40 bits per heavy atom. The minimum Gasteiger partial charge on any atom is -0.465 e. The molecular formula is C15H16ClF2N3O4. The Morgan fingerprint density at radius 3 is 2.68 bits per heavy atom. The highest BCUT2D eigenvalue weighted by Gasteiger charge is 2.48. The average Bonchev–Trinajstić information content (AvgIpc) is 2.85. The molecule has 0 bridgehead atoms. The zero-order chi connectivity index (χ0) is 18.7. The van der Waals surface area contributed by atoms with E-state index in [1.165, 1.54) is 18.2 Å². The second-order valence-electron chi connectivity index (χ2n) is 5.55. The lowest BCUT2D eigenvalue weighted by Gasteiger charge is -2.25. The van der Waals surface area contributed by atoms with Crippen molar-refractivity contribution in [2.24, 2.45) is 0 Å². The molecule has 0 aliphatic carbocycles. The summed E-state index contributed by atoms with van der Waals surface area (Å²) in [4.78, 5) is 35.5. The Balaban J connectivity index is 2.16. The van der Waals surface area contributed by atoms with E-state index in [0.717, 1.165) is 6.92 Å². The van der Waals surface area contributed by atoms with Crippen molar-refractivity contribution in [2.75, 3.05) is 6.54 Å². The van der Waals surface area contributed by atoms with Crippen molar-refractivity contribution < 1.29 is 28.3 Å². The van der Waals surface area contributed by atoms with E-state index in [1.54, 1.807) is 0 Å². The molecule has 1 aliphatic rings. The molecule has 10 heteroatoms. The molecule has 136 valence electrons. The minimum atomic E-state index is -1.74. The van der Waals surface area contributed by atoms with Gasteiger partial charge >= 0.3 is 6.09 Å². The van der Waals surface area contributed by atoms with Crippen LogP contribution in [0.1, 0.15) is 12.5 Å². The number of likely N-dealkylation sites (tertiary alicyclic amines) is 1. The number of rotatable bonds is 4. The Morgan fingerprint density at radius 2 is 2.08 bits per heavy atom. The third-order valence-electron chi connectivity index (χ3n) is 3.81. The van der Waals surface area contributed by atoms with Crippen LogP contribution in [0.3, 0.4) is 0 Å². The van der Waals surface area contributed by atoms with E-state index >= 15 is 0 Å². The zero-order valence-corrected chi connectivity index (χ0v) is 13.9. The molecule has 1 aliphatic heterocycles. The molecule has 2 rings (SSSR count). The number of carbonyl (C=O) groups excluding carboxylic acids is 2. The third-order valence-corrected chi connectivity index (χ3v) is 4.10. The van der Waals surface area contributed by atoms with Crippen LogP contribution in [0.2, 0.25) is 5.02 Å². The number of hydrogen-bond donors (Lipinski definition) is 3. The lowest BCUT2D eigenvalue weighted by atomic mass is 10.1. The Labute approximate surface area is 146 Å². The van der Waals surface area contributed by atoms with Crippen molar-refractivity contribution in [2.45, 2.75) is 31.7 Å². The molecule has 3 amide bonds. The number of carbonyl (C=O) groups is 3. The first kappa shape index (κ1) is 18.9. The van der Waals surface area contributed by atoms with Gasteiger partial charge in [0.1, 0.15) is 18.0 Å². The van der Waals surface area contributed by atoms with Crippen LogP contribution in [0.4, 0.5) is 13.6 Å². The zero-order valence-electron chi connectivity index (χ0n) is 13.1. The van der Waals surface area contributed by atoms with Crippen molar-refractivity contribution in [1.82, 2.24) is 15.5 Å². The molecule has 0 saturated carbocycles. The van der Waals surface area contributed by atoms with E-state index in [-0.39, 0.29) is 17.1 Å². The van der Waals surface area contributed by atoms with Gasteiger partial charge in [0, 0.05) is 19.0 Å². The largest absolute Gasteiger partial charge is 0.465 e. The van der Waals surface area contributed by atoms with Gasteiger partial charge in [0.05, 0.1) is 17.6 Å². The Hall–Kier alpha value is -2.42. The quantitative estimate of drug-likeness (QED) is 0.738. The van der Waals surface area contributed by atoms with Crippen molar-refractivity contribution in [1.29, 1.82) is 0 Å². The molecule has 1 fully saturated rings. The van der Waals surface area contributed by atoms with Crippen molar-refractivity contribution in [3.63, 3.8) is 0 Å². The lowest BCUT2D eigenvalue weighted by molar-refractivity contribution is -0.126. The molecule has 1 aromatic rings. The normalized spacial score (nSPS) is 22.6. The maximum absolute atomic E-state index is 14.1. The van der Waals surface area contributed by atoms with Gasteiger partial charge in [-0.1, -0.05) is 23.7 Å². The molecule has 3 N–H and O–H groups in total. The van der Waals surface area contributed by atoms with Gasteiger partial charge in [0.2, 0.25) is 11.8 Å². The fraction of sp³-hybridized carbons (Fsp3) is 0.400. The highest BCUT2D eigenvalue weighted by molar-refractivity contribution is 6.30. The highest BCUT2D eigenvalue weighted by atomic mass is 35.5. The maximum atomic E-state index is 14.1. The summed E-state index contributed by atoms with van der Waals surface area (Å²) in [5.74, 6) is -2.16. The third kappa shape index (κ3) is 4.16. The molecule has 1 heterocycles. The van der Waals surface area contributed by atoms with Crippen molar-refractivity contribution in [3.05, 3.63) is 34.6 Å². The summed E-state index contributed by atoms with van der Waals surface area (Å²) in [7, 11) is 0. The van der Waals surface area contributed by atoms with E-state index in [4.69, 9.17) is 16.7 Å². The summed E-state index contributed by atoms with van der Waals surface area (Å²) in [6, 6.07) is 1.45. The smallest absolute Gasteiger partial charge is 0.408 e. The van der Waals surface area contributed by atoms with E-state index in [9.17, 15) is 23.2 Å². The average molecular weight is 376 g/mol. The van der Waals surface area contributed by atoms with E-state index < -0.39 is 48.5 Å². The molecule has 7 nitrogen and oxygen atoms in total. The van der Waals surface area contributed by atoms with Crippen LogP contribution in [0.5, 0.6) is 0 Å². The molecule has 1 saturated heterocycles. The molecule has 0 radical (unpaired) electrons. The van der Waals surface area contributed by atoms with Crippen LogP contribution >= 0.6 is 11.6 Å². The van der Waals surface area contributed by atoms with E-state index in [2.05, 4.69) is 10.6 Å². The van der Waals surface area contributed by atoms with Crippen LogP contribution in [-0.2, 0) is 16.1 Å². The van der Waals surface area contributed by atoms with Gasteiger partial charge in [-0.05, 0) is 6.07 Å². The van der Waals surface area contributed by atoms with Gasteiger partial charge in [-0.2, -0.15) is 0 Å². The van der Waals surface area contributed by atoms with Crippen LogP contribution in [0.25, 0.3) is 0 Å². The first-order valence-corrected chi connectivity index (χ1v) is 7.71. The number of benzene rings is 1. The highest BCUT2D eigenvalue weighted by Crippen LogP contribution is 2.23. The van der Waals surface area contributed by atoms with Gasteiger partial charge in [-0.3, -0.25) is 14.5 Å². The van der Waals surface area contributed by atoms with Gasteiger partial charge in [0.15, 0.2) is 0 Å². The molecule has 3 atom stereocenters. The number of amides is 3. The molecule has 0 spiro atoms. The summed E-state index contributed by atoms with van der Waals surface area (Å²) in [6.45, 7) is 0.315. The summed E-state index contributed by atoms with van der Waals surface area (Å²) in [5.41, 5.74) is 0.0913. The molecular weight excluding hydrogens is 360 g/mol. The van der Waals surface area contributed by atoms with Crippen molar-refractivity contribution >= 4 is 29.5 Å². The van der Waals surface area contributed by atoms with E-state index in [0.29, 0.717) is 4.90 Å². The van der Waals surface area contributed by atoms with Gasteiger partial charge < -0.3 is 15.7 Å². The van der Waals surface area contributed by atoms with Gasteiger partial charge in [-0.15, -0.1) is 0 Å². The number of alkyl halides is 1. The van der Waals surface area contributed by atoms with Gasteiger partial charge in [-0.25, -0.2) is 13.6 Å². The number of halogens is 3. The number of carboxylic acid groups (broad SMARTS) is 1. The first-order valence-electron chi connectivity index (χ1n) is 7.33. The summed E-state index contributed by atoms with van der Waals surface area (Å²) >= 11 is 5.65. The second-order valence-corrected chi connectivity index (χ2v) is 5.96. The van der Waals surface area contributed by atoms with Crippen LogP contribution < -0.4 is 10.6 Å². The number of nitrogens with one attached hydrogen (secondary N) is 2. The second kappa shape index (κ2) is 7.64. The SMILES string of the molecule is CC(=O)NC1C(F)CN(C(=O)O)C1C(=O)NCc1cccc(Cl)c1F. The molecule has 25 heavy (non-hydrogen) atoms. The van der Waals surface area contributed by atoms with Crippen LogP contribution in [0.15, 0.2) is 18.2 Å². The number of hydrogen-bond acceptors (Lipinski definition) is 3. The lowest BCUT2D eigenvalue weighted by Crippen LogP contribution is -2.55. The maximum Gasteiger partial charge on any atom is 0.408 e. The number of nitrogens with zero attached hydrogens (tertiary/aromatic N) is 1. The van der Waals surface area contributed by atoms with Crippen LogP contribution in [-0.4, -0.2) is 52.7 Å². The first-order chi connectivity index (χ1) is 11.7. The standard InChI is InChI=1S/C15H16ClF2N3O4/c1-7(22)20-12-10(17)6-21(15(24)25)13(12)14(23)19-5-8-3-2-4-9(16)11(8)18/h2-4,10,12-13H,5-6H2,1H3,(H,19,23)(H,20,22)(H,24,25). The molecule has 3 unspecified atom stereocenters. The summed E-state index contributed by atoms with van der Waals surface area (Å²) < 4.78 is 27.9. The Bertz CT molecular complexity index is 703. The van der Waals surface area contributed by atoms with Crippen molar-refractivity contribution in [3.8, 4) is 0 Å². The fourth-order valence-corrected chi connectivity index (χ4v) is 2.88. The summed E-state index contributed by atoms with van der Waals surface area (Å²) in [5, 5.41) is 13.6.